The predicted octanol–water partition coefficient (Wildman–Crippen LogP) is 3.78. The minimum atomic E-state index is 0.957. The summed E-state index contributed by atoms with van der Waals surface area (Å²) in [6.45, 7) is 3.19. The van der Waals surface area contributed by atoms with Crippen LogP contribution in [0.3, 0.4) is 0 Å². The minimum Gasteiger partial charge on any atom is -0.374 e. The molecule has 1 aromatic heterocycles. The molecule has 96 valence electrons. The summed E-state index contributed by atoms with van der Waals surface area (Å²) in [4.78, 5) is 0. The predicted molar refractivity (Wildman–Crippen MR) is 76.8 cm³/mol. The first kappa shape index (κ1) is 13.1. The molecule has 0 aliphatic heterocycles. The van der Waals surface area contributed by atoms with E-state index in [-0.39, 0.29) is 0 Å². The van der Waals surface area contributed by atoms with Gasteiger partial charge in [-0.1, -0.05) is 24.3 Å². The molecule has 5 heteroatoms. The first-order valence-electron chi connectivity index (χ1n) is 6.53. The van der Waals surface area contributed by atoms with E-state index in [4.69, 9.17) is 0 Å². The summed E-state index contributed by atoms with van der Waals surface area (Å²) in [7, 11) is 0. The highest BCUT2D eigenvalue weighted by atomic mass is 32.2. The van der Waals surface area contributed by atoms with Crippen LogP contribution in [-0.2, 0) is 5.75 Å². The van der Waals surface area contributed by atoms with Gasteiger partial charge in [0.1, 0.15) is 10.7 Å². The van der Waals surface area contributed by atoms with E-state index in [0.29, 0.717) is 0 Å². The second-order valence-corrected chi connectivity index (χ2v) is 6.43. The Bertz CT molecular complexity index is 321. The molecule has 1 N–H and O–H groups in total. The van der Waals surface area contributed by atoms with E-state index < -0.39 is 0 Å². The molecular weight excluding hydrogens is 250 g/mol. The highest BCUT2D eigenvalue weighted by Crippen LogP contribution is 2.30. The van der Waals surface area contributed by atoms with Gasteiger partial charge < -0.3 is 5.32 Å². The van der Waals surface area contributed by atoms with Gasteiger partial charge in [-0.05, 0) is 30.9 Å². The van der Waals surface area contributed by atoms with Crippen LogP contribution in [0.5, 0.6) is 0 Å². The number of nitrogens with zero attached hydrogens (tertiary/aromatic N) is 2. The van der Waals surface area contributed by atoms with E-state index in [1.54, 1.807) is 0 Å². The first-order valence-corrected chi connectivity index (χ1v) is 8.45. The standard InChI is InChI=1S/C12H21N3S2/c1-2-7-13-12-11(14-15-17-12)9-16-8-10-5-3-4-6-10/h10,13H,2-9H2,1H3. The molecule has 0 bridgehead atoms. The van der Waals surface area contributed by atoms with Crippen molar-refractivity contribution in [3.8, 4) is 0 Å². The van der Waals surface area contributed by atoms with Crippen molar-refractivity contribution in [3.05, 3.63) is 5.69 Å². The lowest BCUT2D eigenvalue weighted by Gasteiger charge is -2.08. The molecule has 3 nitrogen and oxygen atoms in total. The van der Waals surface area contributed by atoms with Gasteiger partial charge in [0.05, 0.1) is 0 Å². The molecule has 0 amide bonds. The Hall–Kier alpha value is -0.290. The average molecular weight is 271 g/mol. The number of nitrogens with one attached hydrogen (secondary N) is 1. The maximum Gasteiger partial charge on any atom is 0.134 e. The van der Waals surface area contributed by atoms with Crippen LogP contribution in [0.15, 0.2) is 0 Å². The van der Waals surface area contributed by atoms with Crippen LogP contribution >= 0.6 is 23.3 Å². The zero-order valence-electron chi connectivity index (χ0n) is 10.4. The molecule has 1 fully saturated rings. The Balaban J connectivity index is 1.72. The first-order chi connectivity index (χ1) is 8.40. The smallest absolute Gasteiger partial charge is 0.134 e. The van der Waals surface area contributed by atoms with E-state index in [1.165, 1.54) is 48.0 Å². The largest absolute Gasteiger partial charge is 0.374 e. The fourth-order valence-corrected chi connectivity index (χ4v) is 4.05. The van der Waals surface area contributed by atoms with Crippen molar-refractivity contribution in [2.75, 3.05) is 17.6 Å². The second-order valence-electron chi connectivity index (χ2n) is 4.64. The summed E-state index contributed by atoms with van der Waals surface area (Å²) in [6.07, 6.45) is 6.89. The average Bonchev–Trinajstić information content (AvgIpc) is 2.98. The maximum atomic E-state index is 4.22. The number of thioether (sulfide) groups is 1. The topological polar surface area (TPSA) is 37.8 Å². The van der Waals surface area contributed by atoms with Crippen molar-refractivity contribution in [1.29, 1.82) is 0 Å². The molecule has 1 saturated carbocycles. The molecule has 0 aromatic carbocycles. The molecular formula is C12H21N3S2. The lowest BCUT2D eigenvalue weighted by molar-refractivity contribution is 0.623. The van der Waals surface area contributed by atoms with Crippen molar-refractivity contribution in [2.45, 2.75) is 44.8 Å². The number of hydrogen-bond donors (Lipinski definition) is 1. The lowest BCUT2D eigenvalue weighted by atomic mass is 10.1. The molecule has 0 radical (unpaired) electrons. The van der Waals surface area contributed by atoms with E-state index in [2.05, 4.69) is 21.8 Å². The third-order valence-corrected chi connectivity index (χ3v) is 5.07. The Morgan fingerprint density at radius 3 is 3.00 bits per heavy atom. The summed E-state index contributed by atoms with van der Waals surface area (Å²) in [5.41, 5.74) is 1.14. The quantitative estimate of drug-likeness (QED) is 0.819. The van der Waals surface area contributed by atoms with Crippen LogP contribution in [0.4, 0.5) is 5.00 Å². The molecule has 0 spiro atoms. The molecule has 0 atom stereocenters. The fraction of sp³-hybridized carbons (Fsp3) is 0.833. The molecule has 1 heterocycles. The van der Waals surface area contributed by atoms with Gasteiger partial charge >= 0.3 is 0 Å². The lowest BCUT2D eigenvalue weighted by Crippen LogP contribution is -2.01. The van der Waals surface area contributed by atoms with Crippen LogP contribution < -0.4 is 5.32 Å². The Labute approximate surface area is 112 Å². The van der Waals surface area contributed by atoms with Crippen molar-refractivity contribution < 1.29 is 0 Å². The van der Waals surface area contributed by atoms with E-state index in [1.807, 2.05) is 11.8 Å². The number of rotatable bonds is 7. The highest BCUT2D eigenvalue weighted by molar-refractivity contribution is 7.98. The Kier molecular flexibility index (Phi) is 5.58. The number of hydrogen-bond acceptors (Lipinski definition) is 5. The number of aromatic nitrogens is 2. The minimum absolute atomic E-state index is 0.957. The molecule has 1 aliphatic rings. The van der Waals surface area contributed by atoms with Crippen LogP contribution in [0.25, 0.3) is 0 Å². The zero-order valence-corrected chi connectivity index (χ0v) is 12.1. The Morgan fingerprint density at radius 2 is 2.24 bits per heavy atom. The molecule has 0 unspecified atom stereocenters. The van der Waals surface area contributed by atoms with Crippen LogP contribution in [-0.4, -0.2) is 21.9 Å². The van der Waals surface area contributed by atoms with Gasteiger partial charge in [0, 0.05) is 23.8 Å². The molecule has 1 aliphatic carbocycles. The van der Waals surface area contributed by atoms with Crippen molar-refractivity contribution >= 4 is 28.3 Å². The van der Waals surface area contributed by atoms with Gasteiger partial charge in [0.25, 0.3) is 0 Å². The van der Waals surface area contributed by atoms with Gasteiger partial charge in [-0.15, -0.1) is 5.10 Å². The van der Waals surface area contributed by atoms with Crippen LogP contribution in [0.1, 0.15) is 44.7 Å². The summed E-state index contributed by atoms with van der Waals surface area (Å²) >= 11 is 3.51. The van der Waals surface area contributed by atoms with Gasteiger partial charge in [0.15, 0.2) is 0 Å². The molecule has 1 aromatic rings. The summed E-state index contributed by atoms with van der Waals surface area (Å²) in [5.74, 6) is 3.27. The van der Waals surface area contributed by atoms with Gasteiger partial charge in [-0.2, -0.15) is 11.8 Å². The fourth-order valence-electron chi connectivity index (χ4n) is 2.18. The summed E-state index contributed by atoms with van der Waals surface area (Å²) in [6, 6.07) is 0. The van der Waals surface area contributed by atoms with Gasteiger partial charge in [-0.3, -0.25) is 0 Å². The molecule has 0 saturated heterocycles. The van der Waals surface area contributed by atoms with Crippen LogP contribution in [0, 0.1) is 5.92 Å². The number of anilines is 1. The second kappa shape index (κ2) is 7.21. The van der Waals surface area contributed by atoms with Crippen molar-refractivity contribution in [1.82, 2.24) is 9.59 Å². The van der Waals surface area contributed by atoms with Gasteiger partial charge in [-0.25, -0.2) is 0 Å². The molecule has 17 heavy (non-hydrogen) atoms. The molecule has 2 rings (SSSR count). The van der Waals surface area contributed by atoms with E-state index in [0.717, 1.165) is 30.3 Å². The van der Waals surface area contributed by atoms with Crippen molar-refractivity contribution in [3.63, 3.8) is 0 Å². The van der Waals surface area contributed by atoms with E-state index in [9.17, 15) is 0 Å². The normalized spacial score (nSPS) is 16.5. The van der Waals surface area contributed by atoms with Gasteiger partial charge in [0.2, 0.25) is 0 Å². The highest BCUT2D eigenvalue weighted by Gasteiger charge is 2.15. The monoisotopic (exact) mass is 271 g/mol. The summed E-state index contributed by atoms with van der Waals surface area (Å²) < 4.78 is 4.04. The van der Waals surface area contributed by atoms with Crippen molar-refractivity contribution in [2.24, 2.45) is 5.92 Å². The Morgan fingerprint density at radius 1 is 1.41 bits per heavy atom. The SMILES string of the molecule is CCCNc1snnc1CSCC1CCCC1. The third kappa shape index (κ3) is 4.14. The van der Waals surface area contributed by atoms with E-state index >= 15 is 0 Å². The zero-order chi connectivity index (χ0) is 11.9. The third-order valence-electron chi connectivity index (χ3n) is 3.16. The van der Waals surface area contributed by atoms with Crippen LogP contribution in [0.2, 0.25) is 0 Å². The maximum absolute atomic E-state index is 4.22. The summed E-state index contributed by atoms with van der Waals surface area (Å²) in [5, 5.41) is 8.79.